The van der Waals surface area contributed by atoms with Crippen molar-refractivity contribution in [2.75, 3.05) is 5.32 Å². The molecule has 98 valence electrons. The maximum atomic E-state index is 13.0. The maximum Gasteiger partial charge on any atom is 0.256 e. The highest BCUT2D eigenvalue weighted by Crippen LogP contribution is 2.19. The number of aryl methyl sites for hydroxylation is 2. The van der Waals surface area contributed by atoms with Gasteiger partial charge in [-0.05, 0) is 66.3 Å². The van der Waals surface area contributed by atoms with Crippen LogP contribution in [0.15, 0.2) is 36.4 Å². The highest BCUT2D eigenvalue weighted by Gasteiger charge is 2.11. The van der Waals surface area contributed by atoms with Gasteiger partial charge in [-0.1, -0.05) is 17.7 Å². The number of rotatable bonds is 2. The van der Waals surface area contributed by atoms with Crippen LogP contribution in [-0.4, -0.2) is 5.91 Å². The lowest BCUT2D eigenvalue weighted by molar-refractivity contribution is 0.102. The molecule has 1 N–H and O–H groups in total. The molecule has 2 aromatic rings. The van der Waals surface area contributed by atoms with Crippen molar-refractivity contribution >= 4 is 34.2 Å². The Labute approximate surface area is 125 Å². The van der Waals surface area contributed by atoms with Crippen molar-refractivity contribution in [2.45, 2.75) is 13.8 Å². The van der Waals surface area contributed by atoms with Crippen LogP contribution in [0, 0.1) is 23.2 Å². The van der Waals surface area contributed by atoms with Crippen molar-refractivity contribution in [3.63, 3.8) is 0 Å². The van der Waals surface area contributed by atoms with Crippen molar-refractivity contribution in [1.82, 2.24) is 0 Å². The monoisotopic (exact) mass is 369 g/mol. The van der Waals surface area contributed by atoms with Gasteiger partial charge in [0.25, 0.3) is 5.91 Å². The van der Waals surface area contributed by atoms with Gasteiger partial charge < -0.3 is 5.32 Å². The quantitative estimate of drug-likeness (QED) is 0.786. The third kappa shape index (κ3) is 3.32. The molecule has 0 fully saturated rings. The Morgan fingerprint density at radius 1 is 1.16 bits per heavy atom. The minimum Gasteiger partial charge on any atom is -0.322 e. The van der Waals surface area contributed by atoms with E-state index < -0.39 is 0 Å². The van der Waals surface area contributed by atoms with Gasteiger partial charge in [-0.2, -0.15) is 0 Å². The number of benzene rings is 2. The zero-order valence-electron chi connectivity index (χ0n) is 10.6. The number of anilines is 1. The molecule has 19 heavy (non-hydrogen) atoms. The van der Waals surface area contributed by atoms with Crippen LogP contribution in [0.2, 0.25) is 0 Å². The van der Waals surface area contributed by atoms with Gasteiger partial charge in [-0.15, -0.1) is 0 Å². The van der Waals surface area contributed by atoms with E-state index in [2.05, 4.69) is 5.32 Å². The first-order valence-electron chi connectivity index (χ1n) is 5.81. The van der Waals surface area contributed by atoms with E-state index in [-0.39, 0.29) is 11.7 Å². The van der Waals surface area contributed by atoms with Crippen molar-refractivity contribution in [3.8, 4) is 0 Å². The molecule has 2 aromatic carbocycles. The normalized spacial score (nSPS) is 10.3. The fourth-order valence-corrected chi connectivity index (χ4v) is 2.54. The fourth-order valence-electron chi connectivity index (χ4n) is 1.82. The summed E-state index contributed by atoms with van der Waals surface area (Å²) in [6.45, 7) is 3.94. The molecular formula is C15H13FINO. The number of hydrogen-bond donors (Lipinski definition) is 1. The summed E-state index contributed by atoms with van der Waals surface area (Å²) in [7, 11) is 0. The summed E-state index contributed by atoms with van der Waals surface area (Å²) in [6, 6.07) is 9.95. The third-order valence-electron chi connectivity index (χ3n) is 2.81. The van der Waals surface area contributed by atoms with Crippen LogP contribution >= 0.6 is 22.6 Å². The van der Waals surface area contributed by atoms with Crippen LogP contribution in [-0.2, 0) is 0 Å². The van der Waals surface area contributed by atoms with E-state index in [1.54, 1.807) is 0 Å². The predicted molar refractivity (Wildman–Crippen MR) is 83.0 cm³/mol. The van der Waals surface area contributed by atoms with Crippen molar-refractivity contribution < 1.29 is 9.18 Å². The van der Waals surface area contributed by atoms with Crippen LogP contribution in [0.4, 0.5) is 10.1 Å². The zero-order valence-corrected chi connectivity index (χ0v) is 12.8. The Morgan fingerprint density at radius 2 is 1.89 bits per heavy atom. The lowest BCUT2D eigenvalue weighted by atomic mass is 10.1. The van der Waals surface area contributed by atoms with E-state index in [9.17, 15) is 9.18 Å². The van der Waals surface area contributed by atoms with E-state index in [0.29, 0.717) is 9.13 Å². The van der Waals surface area contributed by atoms with Gasteiger partial charge in [0.2, 0.25) is 0 Å². The average molecular weight is 369 g/mol. The van der Waals surface area contributed by atoms with Crippen LogP contribution in [0.1, 0.15) is 21.5 Å². The molecule has 2 rings (SSSR count). The highest BCUT2D eigenvalue weighted by molar-refractivity contribution is 14.1. The molecule has 0 aliphatic rings. The standard InChI is InChI=1S/C15H13FINO/c1-9-3-6-14(10(2)7-9)18-15(19)12-5-4-11(16)8-13(12)17/h3-8H,1-2H3,(H,18,19). The number of hydrogen-bond acceptors (Lipinski definition) is 1. The van der Waals surface area contributed by atoms with E-state index in [0.717, 1.165) is 16.8 Å². The minimum atomic E-state index is -0.340. The predicted octanol–water partition coefficient (Wildman–Crippen LogP) is 4.30. The first-order valence-corrected chi connectivity index (χ1v) is 6.89. The van der Waals surface area contributed by atoms with Crippen molar-refractivity contribution in [1.29, 1.82) is 0 Å². The molecule has 0 spiro atoms. The summed E-state index contributed by atoms with van der Waals surface area (Å²) in [6.07, 6.45) is 0. The van der Waals surface area contributed by atoms with Gasteiger partial charge in [0.05, 0.1) is 5.56 Å². The molecule has 0 radical (unpaired) electrons. The fraction of sp³-hybridized carbons (Fsp3) is 0.133. The van der Waals surface area contributed by atoms with Crippen LogP contribution < -0.4 is 5.32 Å². The molecule has 0 heterocycles. The Hall–Kier alpha value is -1.43. The van der Waals surface area contributed by atoms with Gasteiger partial charge >= 0.3 is 0 Å². The molecule has 0 aliphatic heterocycles. The summed E-state index contributed by atoms with van der Waals surface area (Å²) in [4.78, 5) is 12.1. The molecule has 0 bridgehead atoms. The van der Waals surface area contributed by atoms with Crippen LogP contribution in [0.3, 0.4) is 0 Å². The number of carbonyl (C=O) groups excluding carboxylic acids is 1. The second-order valence-corrected chi connectivity index (χ2v) is 5.56. The smallest absolute Gasteiger partial charge is 0.256 e. The first-order chi connectivity index (χ1) is 8.97. The average Bonchev–Trinajstić information content (AvgIpc) is 2.32. The van der Waals surface area contributed by atoms with E-state index in [4.69, 9.17) is 0 Å². The largest absolute Gasteiger partial charge is 0.322 e. The number of halogens is 2. The number of amides is 1. The summed E-state index contributed by atoms with van der Waals surface area (Å²) in [5.74, 6) is -0.566. The molecule has 0 saturated carbocycles. The molecular weight excluding hydrogens is 356 g/mol. The summed E-state index contributed by atoms with van der Waals surface area (Å²) < 4.78 is 13.6. The number of nitrogens with one attached hydrogen (secondary N) is 1. The lowest BCUT2D eigenvalue weighted by Crippen LogP contribution is -2.14. The number of carbonyl (C=O) groups is 1. The van der Waals surface area contributed by atoms with E-state index in [1.807, 2.05) is 54.6 Å². The zero-order chi connectivity index (χ0) is 14.0. The molecule has 2 nitrogen and oxygen atoms in total. The third-order valence-corrected chi connectivity index (χ3v) is 3.70. The summed E-state index contributed by atoms with van der Waals surface area (Å²) >= 11 is 1.96. The van der Waals surface area contributed by atoms with Crippen molar-refractivity contribution in [3.05, 3.63) is 62.5 Å². The highest BCUT2D eigenvalue weighted by atomic mass is 127. The Bertz CT molecular complexity index is 640. The Kier molecular flexibility index (Phi) is 4.19. The van der Waals surface area contributed by atoms with Crippen molar-refractivity contribution in [2.24, 2.45) is 0 Å². The minimum absolute atomic E-state index is 0.226. The van der Waals surface area contributed by atoms with Gasteiger partial charge in [-0.3, -0.25) is 4.79 Å². The molecule has 1 amide bonds. The topological polar surface area (TPSA) is 29.1 Å². The Balaban J connectivity index is 2.25. The summed E-state index contributed by atoms with van der Waals surface area (Å²) in [5, 5.41) is 2.85. The second-order valence-electron chi connectivity index (χ2n) is 4.40. The van der Waals surface area contributed by atoms with Gasteiger partial charge in [0.15, 0.2) is 0 Å². The molecule has 0 aromatic heterocycles. The second kappa shape index (κ2) is 5.69. The van der Waals surface area contributed by atoms with Gasteiger partial charge in [0.1, 0.15) is 5.82 Å². The molecule has 0 saturated heterocycles. The van der Waals surface area contributed by atoms with E-state index in [1.165, 1.54) is 18.2 Å². The molecule has 0 atom stereocenters. The van der Waals surface area contributed by atoms with E-state index >= 15 is 0 Å². The molecule has 0 unspecified atom stereocenters. The molecule has 4 heteroatoms. The van der Waals surface area contributed by atoms with Gasteiger partial charge in [-0.25, -0.2) is 4.39 Å². The molecule has 0 aliphatic carbocycles. The first kappa shape index (κ1) is 14.0. The van der Waals surface area contributed by atoms with Crippen LogP contribution in [0.25, 0.3) is 0 Å². The lowest BCUT2D eigenvalue weighted by Gasteiger charge is -2.10. The maximum absolute atomic E-state index is 13.0. The SMILES string of the molecule is Cc1ccc(NC(=O)c2ccc(F)cc2I)c(C)c1. The Morgan fingerprint density at radius 3 is 2.53 bits per heavy atom. The van der Waals surface area contributed by atoms with Gasteiger partial charge in [0, 0.05) is 9.26 Å². The van der Waals surface area contributed by atoms with Crippen LogP contribution in [0.5, 0.6) is 0 Å². The summed E-state index contributed by atoms with van der Waals surface area (Å²) in [5.41, 5.74) is 3.40.